The van der Waals surface area contributed by atoms with E-state index < -0.39 is 0 Å². The highest BCUT2D eigenvalue weighted by atomic mass is 19.1. The molecule has 16 heavy (non-hydrogen) atoms. The molecular weight excluding hydrogens is 203 g/mol. The van der Waals surface area contributed by atoms with Crippen LogP contribution in [0.15, 0.2) is 24.3 Å². The highest BCUT2D eigenvalue weighted by Crippen LogP contribution is 2.12. The van der Waals surface area contributed by atoms with Gasteiger partial charge in [0.1, 0.15) is 5.82 Å². The van der Waals surface area contributed by atoms with E-state index in [1.54, 1.807) is 12.1 Å². The Labute approximate surface area is 96.5 Å². The summed E-state index contributed by atoms with van der Waals surface area (Å²) in [5, 5.41) is 3.28. The van der Waals surface area contributed by atoms with Gasteiger partial charge in [0, 0.05) is 25.7 Å². The number of halogens is 1. The molecule has 0 unspecified atom stereocenters. The zero-order valence-corrected chi connectivity index (χ0v) is 9.75. The highest BCUT2D eigenvalue weighted by molar-refractivity contribution is 5.16. The standard InChI is InChI=1S/C13H19FN2/c1-2-6-16(13-8-15-9-13)10-11-4-3-5-12(14)7-11/h3-5,7,13,15H,2,6,8-10H2,1H3. The minimum Gasteiger partial charge on any atom is -0.314 e. The van der Waals surface area contributed by atoms with Gasteiger partial charge in [-0.25, -0.2) is 4.39 Å². The van der Waals surface area contributed by atoms with Gasteiger partial charge in [-0.05, 0) is 30.7 Å². The largest absolute Gasteiger partial charge is 0.314 e. The summed E-state index contributed by atoms with van der Waals surface area (Å²) in [5.41, 5.74) is 1.07. The second-order valence-corrected chi connectivity index (χ2v) is 4.41. The van der Waals surface area contributed by atoms with Crippen molar-refractivity contribution < 1.29 is 4.39 Å². The molecule has 0 amide bonds. The van der Waals surface area contributed by atoms with Crippen molar-refractivity contribution >= 4 is 0 Å². The molecule has 1 aromatic carbocycles. The molecule has 88 valence electrons. The van der Waals surface area contributed by atoms with Crippen LogP contribution in [0.4, 0.5) is 4.39 Å². The first-order chi connectivity index (χ1) is 7.79. The van der Waals surface area contributed by atoms with E-state index in [1.807, 2.05) is 6.07 Å². The summed E-state index contributed by atoms with van der Waals surface area (Å²) in [7, 11) is 0. The van der Waals surface area contributed by atoms with Gasteiger partial charge < -0.3 is 5.32 Å². The third kappa shape index (κ3) is 2.80. The van der Waals surface area contributed by atoms with Crippen molar-refractivity contribution in [2.24, 2.45) is 0 Å². The van der Waals surface area contributed by atoms with Gasteiger partial charge in [0.25, 0.3) is 0 Å². The van der Waals surface area contributed by atoms with Crippen LogP contribution in [0.3, 0.4) is 0 Å². The molecule has 0 aromatic heterocycles. The van der Waals surface area contributed by atoms with Crippen LogP contribution in [0, 0.1) is 5.82 Å². The summed E-state index contributed by atoms with van der Waals surface area (Å²) in [4.78, 5) is 2.44. The fraction of sp³-hybridized carbons (Fsp3) is 0.538. The van der Waals surface area contributed by atoms with Crippen LogP contribution in [-0.2, 0) is 6.54 Å². The van der Waals surface area contributed by atoms with Gasteiger partial charge in [-0.15, -0.1) is 0 Å². The molecule has 2 nitrogen and oxygen atoms in total. The normalized spacial score (nSPS) is 16.4. The summed E-state index contributed by atoms with van der Waals surface area (Å²) in [5.74, 6) is -0.138. The molecule has 0 radical (unpaired) electrons. The number of hydrogen-bond donors (Lipinski definition) is 1. The fourth-order valence-electron chi connectivity index (χ4n) is 2.08. The van der Waals surface area contributed by atoms with Crippen molar-refractivity contribution in [1.29, 1.82) is 0 Å². The Bertz CT molecular complexity index is 336. The van der Waals surface area contributed by atoms with E-state index in [2.05, 4.69) is 17.1 Å². The van der Waals surface area contributed by atoms with E-state index >= 15 is 0 Å². The van der Waals surface area contributed by atoms with Crippen LogP contribution >= 0.6 is 0 Å². The first-order valence-electron chi connectivity index (χ1n) is 5.99. The summed E-state index contributed by atoms with van der Waals surface area (Å²) < 4.78 is 13.1. The van der Waals surface area contributed by atoms with Crippen LogP contribution in [0.25, 0.3) is 0 Å². The number of benzene rings is 1. The summed E-state index contributed by atoms with van der Waals surface area (Å²) in [6.07, 6.45) is 1.14. The smallest absolute Gasteiger partial charge is 0.123 e. The number of rotatable bonds is 5. The highest BCUT2D eigenvalue weighted by Gasteiger charge is 2.23. The molecule has 1 fully saturated rings. The van der Waals surface area contributed by atoms with E-state index in [9.17, 15) is 4.39 Å². The van der Waals surface area contributed by atoms with Gasteiger partial charge in [-0.3, -0.25) is 4.90 Å². The molecule has 1 aromatic rings. The van der Waals surface area contributed by atoms with E-state index in [4.69, 9.17) is 0 Å². The topological polar surface area (TPSA) is 15.3 Å². The van der Waals surface area contributed by atoms with Crippen molar-refractivity contribution in [3.63, 3.8) is 0 Å². The molecule has 3 heteroatoms. The molecule has 0 saturated carbocycles. The van der Waals surface area contributed by atoms with Gasteiger partial charge in [0.05, 0.1) is 0 Å². The quantitative estimate of drug-likeness (QED) is 0.820. The molecule has 0 spiro atoms. The van der Waals surface area contributed by atoms with E-state index in [0.717, 1.165) is 38.2 Å². The molecule has 1 aliphatic rings. The summed E-state index contributed by atoms with van der Waals surface area (Å²) in [6, 6.07) is 7.54. The third-order valence-electron chi connectivity index (χ3n) is 3.06. The van der Waals surface area contributed by atoms with Gasteiger partial charge in [0.15, 0.2) is 0 Å². The van der Waals surface area contributed by atoms with Crippen LogP contribution in [0.5, 0.6) is 0 Å². The Morgan fingerprint density at radius 1 is 1.44 bits per heavy atom. The average Bonchev–Trinajstić information content (AvgIpc) is 2.15. The lowest BCUT2D eigenvalue weighted by Gasteiger charge is -2.38. The van der Waals surface area contributed by atoms with Gasteiger partial charge >= 0.3 is 0 Å². The summed E-state index contributed by atoms with van der Waals surface area (Å²) >= 11 is 0. The zero-order valence-electron chi connectivity index (χ0n) is 9.75. The number of nitrogens with one attached hydrogen (secondary N) is 1. The maximum absolute atomic E-state index is 13.1. The molecule has 0 atom stereocenters. The SMILES string of the molecule is CCCN(Cc1cccc(F)c1)C1CNC1. The minimum atomic E-state index is -0.138. The predicted molar refractivity (Wildman–Crippen MR) is 63.8 cm³/mol. The lowest BCUT2D eigenvalue weighted by atomic mass is 10.1. The molecule has 1 heterocycles. The van der Waals surface area contributed by atoms with Gasteiger partial charge in [0.2, 0.25) is 0 Å². The van der Waals surface area contributed by atoms with Crippen LogP contribution in [0.1, 0.15) is 18.9 Å². The Morgan fingerprint density at radius 3 is 2.81 bits per heavy atom. The molecule has 1 N–H and O–H groups in total. The van der Waals surface area contributed by atoms with Crippen molar-refractivity contribution in [2.75, 3.05) is 19.6 Å². The second-order valence-electron chi connectivity index (χ2n) is 4.41. The van der Waals surface area contributed by atoms with Crippen molar-refractivity contribution in [3.8, 4) is 0 Å². The first kappa shape index (κ1) is 11.6. The Hall–Kier alpha value is -0.930. The first-order valence-corrected chi connectivity index (χ1v) is 5.99. The van der Waals surface area contributed by atoms with Crippen LogP contribution < -0.4 is 5.32 Å². The van der Waals surface area contributed by atoms with Crippen molar-refractivity contribution in [3.05, 3.63) is 35.6 Å². The minimum absolute atomic E-state index is 0.138. The van der Waals surface area contributed by atoms with Gasteiger partial charge in [-0.2, -0.15) is 0 Å². The third-order valence-corrected chi connectivity index (χ3v) is 3.06. The zero-order chi connectivity index (χ0) is 11.4. The fourth-order valence-corrected chi connectivity index (χ4v) is 2.08. The summed E-state index contributed by atoms with van der Waals surface area (Å²) in [6.45, 7) is 6.26. The molecule has 1 aliphatic heterocycles. The average molecular weight is 222 g/mol. The van der Waals surface area contributed by atoms with Crippen LogP contribution in [-0.4, -0.2) is 30.6 Å². The molecule has 1 saturated heterocycles. The van der Waals surface area contributed by atoms with Crippen LogP contribution in [0.2, 0.25) is 0 Å². The lowest BCUT2D eigenvalue weighted by molar-refractivity contribution is 0.137. The molecule has 0 aliphatic carbocycles. The van der Waals surface area contributed by atoms with Crippen molar-refractivity contribution in [2.45, 2.75) is 25.9 Å². The Kier molecular flexibility index (Phi) is 3.91. The molecular formula is C13H19FN2. The maximum Gasteiger partial charge on any atom is 0.123 e. The molecule has 0 bridgehead atoms. The molecule has 2 rings (SSSR count). The maximum atomic E-state index is 13.1. The van der Waals surface area contributed by atoms with E-state index in [-0.39, 0.29) is 5.82 Å². The van der Waals surface area contributed by atoms with Gasteiger partial charge in [-0.1, -0.05) is 19.1 Å². The van der Waals surface area contributed by atoms with E-state index in [1.165, 1.54) is 6.07 Å². The number of hydrogen-bond acceptors (Lipinski definition) is 2. The monoisotopic (exact) mass is 222 g/mol. The Morgan fingerprint density at radius 2 is 2.25 bits per heavy atom. The van der Waals surface area contributed by atoms with E-state index in [0.29, 0.717) is 6.04 Å². The van der Waals surface area contributed by atoms with Crippen molar-refractivity contribution in [1.82, 2.24) is 10.2 Å². The Balaban J connectivity index is 1.98. The number of nitrogens with zero attached hydrogens (tertiary/aromatic N) is 1. The second kappa shape index (κ2) is 5.41. The lowest BCUT2D eigenvalue weighted by Crippen LogP contribution is -2.56. The predicted octanol–water partition coefficient (Wildman–Crippen LogP) is 2.01.